The zero-order chi connectivity index (χ0) is 12.2. The van der Waals surface area contributed by atoms with Crippen LogP contribution in [0.1, 0.15) is 19.0 Å². The van der Waals surface area contributed by atoms with Gasteiger partial charge in [-0.15, -0.1) is 0 Å². The van der Waals surface area contributed by atoms with Gasteiger partial charge in [-0.1, -0.05) is 6.92 Å². The molecule has 1 aromatic rings. The van der Waals surface area contributed by atoms with Crippen molar-refractivity contribution in [3.8, 4) is 0 Å². The van der Waals surface area contributed by atoms with Crippen molar-refractivity contribution in [1.82, 2.24) is 14.9 Å². The summed E-state index contributed by atoms with van der Waals surface area (Å²) in [5.74, 6) is 0. The van der Waals surface area contributed by atoms with E-state index in [1.807, 2.05) is 6.92 Å². The molecule has 1 rings (SSSR count). The number of aryl methyl sites for hydroxylation is 1. The Labute approximate surface area is 95.4 Å². The van der Waals surface area contributed by atoms with Crippen molar-refractivity contribution in [3.05, 3.63) is 11.9 Å². The zero-order valence-electron chi connectivity index (χ0n) is 9.65. The molecule has 0 amide bonds. The number of ether oxygens (including phenoxy) is 1. The first-order valence-corrected chi connectivity index (χ1v) is 6.50. The van der Waals surface area contributed by atoms with Gasteiger partial charge in [0, 0.05) is 13.2 Å². The average Bonchev–Trinajstić information content (AvgIpc) is 2.64. The summed E-state index contributed by atoms with van der Waals surface area (Å²) in [7, 11) is -1.96. The fourth-order valence-electron chi connectivity index (χ4n) is 1.33. The minimum atomic E-state index is -3.50. The number of nitrogens with one attached hydrogen (secondary N) is 2. The molecular weight excluding hydrogens is 230 g/mol. The first-order valence-electron chi connectivity index (χ1n) is 5.02. The molecule has 2 N–H and O–H groups in total. The molecule has 0 aliphatic heterocycles. The van der Waals surface area contributed by atoms with Crippen LogP contribution in [-0.2, 0) is 14.8 Å². The normalized spacial score (nSPS) is 13.9. The van der Waals surface area contributed by atoms with Gasteiger partial charge in [0.05, 0.1) is 18.5 Å². The minimum Gasteiger partial charge on any atom is -0.383 e. The van der Waals surface area contributed by atoms with Crippen molar-refractivity contribution in [3.63, 3.8) is 0 Å². The monoisotopic (exact) mass is 247 g/mol. The van der Waals surface area contributed by atoms with Crippen LogP contribution in [0.5, 0.6) is 0 Å². The summed E-state index contributed by atoms with van der Waals surface area (Å²) in [6.07, 6.45) is 1.97. The standard InChI is InChI=1S/C9H17N3O3S/c1-4-8(6-15-3)12-16(13,14)9-5-10-11-7(9)2/h5,8,12H,4,6H2,1-3H3,(H,10,11). The van der Waals surface area contributed by atoms with Gasteiger partial charge >= 0.3 is 0 Å². The van der Waals surface area contributed by atoms with Crippen LogP contribution in [0, 0.1) is 6.92 Å². The summed E-state index contributed by atoms with van der Waals surface area (Å²) in [4.78, 5) is 0.182. The molecule has 6 nitrogen and oxygen atoms in total. The lowest BCUT2D eigenvalue weighted by atomic mass is 10.3. The van der Waals surface area contributed by atoms with E-state index >= 15 is 0 Å². The van der Waals surface area contributed by atoms with Crippen LogP contribution in [0.2, 0.25) is 0 Å². The molecule has 1 unspecified atom stereocenters. The maximum Gasteiger partial charge on any atom is 0.244 e. The van der Waals surface area contributed by atoms with Crippen LogP contribution in [0.25, 0.3) is 0 Å². The van der Waals surface area contributed by atoms with Crippen molar-refractivity contribution in [1.29, 1.82) is 0 Å². The summed E-state index contributed by atoms with van der Waals surface area (Å²) in [5, 5.41) is 6.29. The maximum absolute atomic E-state index is 11.9. The van der Waals surface area contributed by atoms with Crippen molar-refractivity contribution in [2.45, 2.75) is 31.2 Å². The number of nitrogens with zero attached hydrogens (tertiary/aromatic N) is 1. The van der Waals surface area contributed by atoms with E-state index in [2.05, 4.69) is 14.9 Å². The number of H-pyrrole nitrogens is 1. The first kappa shape index (κ1) is 13.1. The zero-order valence-corrected chi connectivity index (χ0v) is 10.5. The number of aromatic nitrogens is 2. The van der Waals surface area contributed by atoms with Gasteiger partial charge in [-0.25, -0.2) is 13.1 Å². The highest BCUT2D eigenvalue weighted by molar-refractivity contribution is 7.89. The third-order valence-electron chi connectivity index (χ3n) is 2.26. The molecule has 1 heterocycles. The number of sulfonamides is 1. The van der Waals surface area contributed by atoms with E-state index in [1.165, 1.54) is 6.20 Å². The van der Waals surface area contributed by atoms with Gasteiger partial charge in [0.15, 0.2) is 0 Å². The Morgan fingerprint density at radius 3 is 2.75 bits per heavy atom. The molecule has 16 heavy (non-hydrogen) atoms. The molecular formula is C9H17N3O3S. The second-order valence-electron chi connectivity index (χ2n) is 3.54. The second kappa shape index (κ2) is 5.42. The first-order chi connectivity index (χ1) is 7.51. The summed E-state index contributed by atoms with van der Waals surface area (Å²) in [5.41, 5.74) is 0.528. The quantitative estimate of drug-likeness (QED) is 0.763. The van der Waals surface area contributed by atoms with E-state index < -0.39 is 10.0 Å². The Kier molecular flexibility index (Phi) is 4.45. The molecule has 0 aromatic carbocycles. The van der Waals surface area contributed by atoms with Gasteiger partial charge in [0.1, 0.15) is 4.90 Å². The molecule has 0 aliphatic carbocycles. The molecule has 0 aliphatic rings. The third kappa shape index (κ3) is 3.03. The fraction of sp³-hybridized carbons (Fsp3) is 0.667. The minimum absolute atomic E-state index is 0.182. The molecule has 0 spiro atoms. The third-order valence-corrected chi connectivity index (χ3v) is 3.89. The van der Waals surface area contributed by atoms with E-state index in [4.69, 9.17) is 4.74 Å². The summed E-state index contributed by atoms with van der Waals surface area (Å²) in [6, 6.07) is -0.218. The summed E-state index contributed by atoms with van der Waals surface area (Å²) in [6.45, 7) is 3.92. The van der Waals surface area contributed by atoms with Gasteiger partial charge in [0.25, 0.3) is 0 Å². The topological polar surface area (TPSA) is 84.1 Å². The molecule has 1 aromatic heterocycles. The molecule has 0 fully saturated rings. The van der Waals surface area contributed by atoms with Crippen molar-refractivity contribution in [2.24, 2.45) is 0 Å². The number of aromatic amines is 1. The van der Waals surface area contributed by atoms with Crippen molar-refractivity contribution in [2.75, 3.05) is 13.7 Å². The number of methoxy groups -OCH3 is 1. The van der Waals surface area contributed by atoms with Crippen LogP contribution in [0.15, 0.2) is 11.1 Å². The van der Waals surface area contributed by atoms with Crippen LogP contribution in [0.4, 0.5) is 0 Å². The highest BCUT2D eigenvalue weighted by atomic mass is 32.2. The van der Waals surface area contributed by atoms with Crippen LogP contribution < -0.4 is 4.72 Å². The lowest BCUT2D eigenvalue weighted by molar-refractivity contribution is 0.173. The molecule has 0 saturated carbocycles. The second-order valence-corrected chi connectivity index (χ2v) is 5.22. The molecule has 1 atom stereocenters. The van der Waals surface area contributed by atoms with Gasteiger partial charge < -0.3 is 4.74 Å². The SMILES string of the molecule is CCC(COC)NS(=O)(=O)c1cn[nH]c1C. The number of hydrogen-bond acceptors (Lipinski definition) is 4. The van der Waals surface area contributed by atoms with E-state index in [0.717, 1.165) is 0 Å². The van der Waals surface area contributed by atoms with E-state index in [1.54, 1.807) is 14.0 Å². The maximum atomic E-state index is 11.9. The van der Waals surface area contributed by atoms with Crippen LogP contribution >= 0.6 is 0 Å². The predicted molar refractivity (Wildman–Crippen MR) is 59.6 cm³/mol. The van der Waals surface area contributed by atoms with Gasteiger partial charge in [-0.3, -0.25) is 5.10 Å². The molecule has 0 radical (unpaired) electrons. The Bertz CT molecular complexity index is 427. The lowest BCUT2D eigenvalue weighted by Gasteiger charge is -2.15. The summed E-state index contributed by atoms with van der Waals surface area (Å²) >= 11 is 0. The Morgan fingerprint density at radius 2 is 2.31 bits per heavy atom. The molecule has 92 valence electrons. The lowest BCUT2D eigenvalue weighted by Crippen LogP contribution is -2.37. The van der Waals surface area contributed by atoms with Crippen molar-refractivity contribution >= 4 is 10.0 Å². The predicted octanol–water partition coefficient (Wildman–Crippen LogP) is 0.421. The smallest absolute Gasteiger partial charge is 0.244 e. The number of rotatable bonds is 6. The van der Waals surface area contributed by atoms with Gasteiger partial charge in [0.2, 0.25) is 10.0 Å². The van der Waals surface area contributed by atoms with Gasteiger partial charge in [-0.05, 0) is 13.3 Å². The molecule has 7 heteroatoms. The highest BCUT2D eigenvalue weighted by Gasteiger charge is 2.21. The summed E-state index contributed by atoms with van der Waals surface area (Å²) < 4.78 is 31.4. The fourth-order valence-corrected chi connectivity index (χ4v) is 2.77. The Balaban J connectivity index is 2.83. The van der Waals surface area contributed by atoms with Crippen LogP contribution in [0.3, 0.4) is 0 Å². The van der Waals surface area contributed by atoms with Gasteiger partial charge in [-0.2, -0.15) is 5.10 Å². The largest absolute Gasteiger partial charge is 0.383 e. The van der Waals surface area contributed by atoms with Crippen LogP contribution in [-0.4, -0.2) is 38.4 Å². The Morgan fingerprint density at radius 1 is 1.62 bits per heavy atom. The number of hydrogen-bond donors (Lipinski definition) is 2. The van der Waals surface area contributed by atoms with E-state index in [-0.39, 0.29) is 10.9 Å². The van der Waals surface area contributed by atoms with Crippen molar-refractivity contribution < 1.29 is 13.2 Å². The van der Waals surface area contributed by atoms with E-state index in [0.29, 0.717) is 18.7 Å². The molecule has 0 saturated heterocycles. The average molecular weight is 247 g/mol. The highest BCUT2D eigenvalue weighted by Crippen LogP contribution is 2.11. The Hall–Kier alpha value is -0.920. The molecule has 0 bridgehead atoms. The van der Waals surface area contributed by atoms with E-state index in [9.17, 15) is 8.42 Å².